The lowest BCUT2D eigenvalue weighted by atomic mass is 10.1. The molecule has 0 radical (unpaired) electrons. The van der Waals surface area contributed by atoms with Gasteiger partial charge in [-0.05, 0) is 37.8 Å². The third kappa shape index (κ3) is 5.00. The molecule has 1 aliphatic carbocycles. The van der Waals surface area contributed by atoms with Gasteiger partial charge in [-0.1, -0.05) is 0 Å². The zero-order valence-corrected chi connectivity index (χ0v) is 17.4. The van der Waals surface area contributed by atoms with E-state index in [1.54, 1.807) is 0 Å². The molecule has 1 saturated heterocycles. The third-order valence-corrected chi connectivity index (χ3v) is 5.56. The Morgan fingerprint density at radius 2 is 1.85 bits per heavy atom. The van der Waals surface area contributed by atoms with Crippen LogP contribution in [0.25, 0.3) is 0 Å². The average molecular weight is 491 g/mol. The summed E-state index contributed by atoms with van der Waals surface area (Å²) in [7, 11) is 0. The molecule has 2 aromatic rings. The van der Waals surface area contributed by atoms with E-state index in [0.29, 0.717) is 12.8 Å². The molecule has 2 aromatic heterocycles. The summed E-state index contributed by atoms with van der Waals surface area (Å²) in [5.41, 5.74) is 2.47. The molecule has 0 spiro atoms. The van der Waals surface area contributed by atoms with Crippen molar-refractivity contribution in [2.24, 2.45) is 5.73 Å². The first-order valence-electron chi connectivity index (χ1n) is 10.3. The number of hydrogen-bond donors (Lipinski definition) is 2. The van der Waals surface area contributed by atoms with Crippen molar-refractivity contribution in [3.8, 4) is 0 Å². The number of carbonyl (C=O) groups excluding carboxylic acids is 2. The summed E-state index contributed by atoms with van der Waals surface area (Å²) < 4.78 is 86.7. The smallest absolute Gasteiger partial charge is 0.364 e. The molecule has 14 heteroatoms. The van der Waals surface area contributed by atoms with E-state index < -0.39 is 60.1 Å². The molecule has 1 aliphatic heterocycles. The van der Waals surface area contributed by atoms with E-state index in [4.69, 9.17) is 10.5 Å². The van der Waals surface area contributed by atoms with Crippen molar-refractivity contribution in [2.45, 2.75) is 62.7 Å². The molecule has 1 saturated carbocycles. The van der Waals surface area contributed by atoms with Crippen molar-refractivity contribution in [1.82, 2.24) is 14.8 Å². The van der Waals surface area contributed by atoms with Crippen molar-refractivity contribution in [3.05, 3.63) is 41.0 Å². The largest absolute Gasteiger partial charge is 0.420 e. The molecule has 34 heavy (non-hydrogen) atoms. The highest BCUT2D eigenvalue weighted by Gasteiger charge is 2.48. The Morgan fingerprint density at radius 3 is 2.41 bits per heavy atom. The zero-order chi connectivity index (χ0) is 24.8. The molecule has 2 aliphatic rings. The van der Waals surface area contributed by atoms with E-state index in [0.717, 1.165) is 16.9 Å². The molecule has 2 amide bonds. The highest BCUT2D eigenvalue weighted by Crippen LogP contribution is 2.47. The molecule has 3 N–H and O–H groups in total. The highest BCUT2D eigenvalue weighted by atomic mass is 19.4. The van der Waals surface area contributed by atoms with Gasteiger partial charge in [0.2, 0.25) is 0 Å². The van der Waals surface area contributed by atoms with Gasteiger partial charge in [0, 0.05) is 17.8 Å². The number of ether oxygens (including phenoxy) is 1. The van der Waals surface area contributed by atoms with E-state index in [-0.39, 0.29) is 29.9 Å². The number of pyridine rings is 1. The lowest BCUT2D eigenvalue weighted by Crippen LogP contribution is -2.30. The molecule has 2 atom stereocenters. The maximum absolute atomic E-state index is 14.0. The number of alkyl halides is 6. The monoisotopic (exact) mass is 491 g/mol. The number of nitrogens with one attached hydrogen (secondary N) is 1. The second-order valence-electron chi connectivity index (χ2n) is 8.18. The number of anilines is 1. The highest BCUT2D eigenvalue weighted by molar-refractivity contribution is 6.05. The summed E-state index contributed by atoms with van der Waals surface area (Å²) in [6, 6.07) is 2.33. The minimum atomic E-state index is -4.94. The number of carbonyl (C=O) groups is 2. The fourth-order valence-corrected chi connectivity index (χ4v) is 3.87. The third-order valence-electron chi connectivity index (χ3n) is 5.56. The van der Waals surface area contributed by atoms with Gasteiger partial charge < -0.3 is 15.8 Å². The van der Waals surface area contributed by atoms with Gasteiger partial charge in [0.15, 0.2) is 6.10 Å². The standard InChI is InChI=1S/C20H19F6N5O3/c21-19(22,23)13-4-3-11(34-13)8-31-16(14(20(24,25)26)15(30-31)9-1-2-9)18(33)29-10-5-6-28-12(7-10)17(27)32/h5-7,9,11,13H,1-4,8H2,(H2,27,32)(H,28,29,33)/t11-,13+/m1/s1. The van der Waals surface area contributed by atoms with Gasteiger partial charge in [-0.3, -0.25) is 19.3 Å². The Hall–Kier alpha value is -3.16. The SMILES string of the molecule is NC(=O)c1cc(NC(=O)c2c(C(F)(F)F)c(C3CC3)nn2C[C@H]2CC[C@@H](C(F)(F)F)O2)ccn1. The van der Waals surface area contributed by atoms with Crippen LogP contribution in [0.2, 0.25) is 0 Å². The van der Waals surface area contributed by atoms with Crippen molar-refractivity contribution < 1.29 is 40.7 Å². The van der Waals surface area contributed by atoms with E-state index in [2.05, 4.69) is 15.4 Å². The number of rotatable bonds is 6. The Labute approximate surface area is 188 Å². The molecule has 4 rings (SSSR count). The van der Waals surface area contributed by atoms with Crippen LogP contribution >= 0.6 is 0 Å². The lowest BCUT2D eigenvalue weighted by molar-refractivity contribution is -0.215. The van der Waals surface area contributed by atoms with Crippen LogP contribution in [0.3, 0.4) is 0 Å². The molecule has 184 valence electrons. The van der Waals surface area contributed by atoms with Crippen LogP contribution in [0.4, 0.5) is 32.0 Å². The van der Waals surface area contributed by atoms with Crippen LogP contribution in [0.5, 0.6) is 0 Å². The number of primary amides is 1. The van der Waals surface area contributed by atoms with Gasteiger partial charge in [0.05, 0.1) is 18.3 Å². The molecule has 0 bridgehead atoms. The Balaban J connectivity index is 1.69. The second kappa shape index (κ2) is 8.56. The van der Waals surface area contributed by atoms with Crippen molar-refractivity contribution in [2.75, 3.05) is 5.32 Å². The minimum Gasteiger partial charge on any atom is -0.364 e. The van der Waals surface area contributed by atoms with Crippen molar-refractivity contribution >= 4 is 17.5 Å². The first-order valence-corrected chi connectivity index (χ1v) is 10.3. The van der Waals surface area contributed by atoms with Gasteiger partial charge in [-0.2, -0.15) is 31.4 Å². The summed E-state index contributed by atoms with van der Waals surface area (Å²) in [5.74, 6) is -2.61. The molecule has 2 fully saturated rings. The van der Waals surface area contributed by atoms with Crippen LogP contribution in [-0.2, 0) is 17.5 Å². The van der Waals surface area contributed by atoms with Gasteiger partial charge >= 0.3 is 12.4 Å². The molecular weight excluding hydrogens is 472 g/mol. The Bertz CT molecular complexity index is 1110. The van der Waals surface area contributed by atoms with Crippen LogP contribution in [-0.4, -0.2) is 45.0 Å². The summed E-state index contributed by atoms with van der Waals surface area (Å²) in [4.78, 5) is 28.0. The lowest BCUT2D eigenvalue weighted by Gasteiger charge is -2.17. The van der Waals surface area contributed by atoms with E-state index in [1.807, 2.05) is 0 Å². The van der Waals surface area contributed by atoms with Gasteiger partial charge in [-0.25, -0.2) is 0 Å². The number of hydrogen-bond acceptors (Lipinski definition) is 5. The van der Waals surface area contributed by atoms with E-state index >= 15 is 0 Å². The minimum absolute atomic E-state index is 0.0445. The number of nitrogens with zero attached hydrogens (tertiary/aromatic N) is 3. The summed E-state index contributed by atoms with van der Waals surface area (Å²) in [5, 5.41) is 6.25. The number of halogens is 6. The zero-order valence-electron chi connectivity index (χ0n) is 17.4. The first kappa shape index (κ1) is 24.0. The predicted molar refractivity (Wildman–Crippen MR) is 104 cm³/mol. The van der Waals surface area contributed by atoms with Gasteiger partial charge in [0.25, 0.3) is 11.8 Å². The predicted octanol–water partition coefficient (Wildman–Crippen LogP) is 3.64. The number of nitrogens with two attached hydrogens (primary N) is 1. The Morgan fingerprint density at radius 1 is 1.15 bits per heavy atom. The van der Waals surface area contributed by atoms with Crippen LogP contribution < -0.4 is 11.1 Å². The molecule has 8 nitrogen and oxygen atoms in total. The van der Waals surface area contributed by atoms with Crippen molar-refractivity contribution in [1.29, 1.82) is 0 Å². The van der Waals surface area contributed by atoms with E-state index in [9.17, 15) is 35.9 Å². The first-order chi connectivity index (χ1) is 15.8. The van der Waals surface area contributed by atoms with Crippen molar-refractivity contribution in [3.63, 3.8) is 0 Å². The van der Waals surface area contributed by atoms with Crippen LogP contribution in [0.1, 0.15) is 63.8 Å². The van der Waals surface area contributed by atoms with Gasteiger partial charge in [-0.15, -0.1) is 0 Å². The fraction of sp³-hybridized carbons (Fsp3) is 0.500. The fourth-order valence-electron chi connectivity index (χ4n) is 3.87. The summed E-state index contributed by atoms with van der Waals surface area (Å²) >= 11 is 0. The molecular formula is C20H19F6N5O3. The van der Waals surface area contributed by atoms with Crippen LogP contribution in [0, 0.1) is 0 Å². The Kier molecular flexibility index (Phi) is 6.04. The maximum atomic E-state index is 14.0. The summed E-state index contributed by atoms with van der Waals surface area (Å²) in [6.07, 6.45) is -11.0. The number of aromatic nitrogens is 3. The van der Waals surface area contributed by atoms with Gasteiger partial charge in [0.1, 0.15) is 17.0 Å². The molecule has 0 aromatic carbocycles. The average Bonchev–Trinajstić information content (AvgIpc) is 3.32. The maximum Gasteiger partial charge on any atom is 0.420 e. The molecule has 0 unspecified atom stereocenters. The quantitative estimate of drug-likeness (QED) is 0.600. The second-order valence-corrected chi connectivity index (χ2v) is 8.18. The van der Waals surface area contributed by atoms with E-state index in [1.165, 1.54) is 6.07 Å². The van der Waals surface area contributed by atoms with Crippen LogP contribution in [0.15, 0.2) is 18.3 Å². The summed E-state index contributed by atoms with van der Waals surface area (Å²) in [6.45, 7) is -0.464. The topological polar surface area (TPSA) is 112 Å². The molecule has 3 heterocycles. The number of amides is 2. The normalized spacial score (nSPS) is 21.0.